The normalized spacial score (nSPS) is 20.9. The highest BCUT2D eigenvalue weighted by atomic mass is 19.1. The number of aryl methyl sites for hydroxylation is 2. The highest BCUT2D eigenvalue weighted by Crippen LogP contribution is 2.53. The molecule has 3 aromatic carbocycles. The van der Waals surface area contributed by atoms with Crippen LogP contribution in [-0.2, 0) is 16.7 Å². The number of amides is 1. The molecule has 12 rings (SSSR count). The number of hydrogen-bond donors (Lipinski definition) is 1. The molecule has 0 spiro atoms. The van der Waals surface area contributed by atoms with E-state index < -0.39 is 17.3 Å². The number of H-pyrrole nitrogens is 1. The average molecular weight is 861 g/mol. The van der Waals surface area contributed by atoms with E-state index in [4.69, 9.17) is 14.4 Å². The van der Waals surface area contributed by atoms with Crippen LogP contribution in [0.2, 0.25) is 0 Å². The van der Waals surface area contributed by atoms with Gasteiger partial charge in [0.15, 0.2) is 5.82 Å². The topological polar surface area (TPSA) is 164 Å². The highest BCUT2D eigenvalue weighted by molar-refractivity contribution is 6.00. The maximum atomic E-state index is 15.7. The smallest absolute Gasteiger partial charge is 0.376 e. The summed E-state index contributed by atoms with van der Waals surface area (Å²) in [5.74, 6) is 0.0737. The van der Waals surface area contributed by atoms with E-state index in [-0.39, 0.29) is 29.1 Å². The Kier molecular flexibility index (Phi) is 8.33. The Bertz CT molecular complexity index is 3340. The number of hydrogen-bond acceptors (Lipinski definition) is 9. The molecule has 15 nitrogen and oxygen atoms in total. The van der Waals surface area contributed by atoms with Crippen molar-refractivity contribution in [3.8, 4) is 17.2 Å². The van der Waals surface area contributed by atoms with Crippen molar-refractivity contribution >= 4 is 27.7 Å². The van der Waals surface area contributed by atoms with Crippen LogP contribution in [-0.4, -0.2) is 72.9 Å². The fraction of sp³-hybridized carbons (Fsp3) is 0.354. The molecule has 3 fully saturated rings. The van der Waals surface area contributed by atoms with E-state index in [0.29, 0.717) is 83.6 Å². The van der Waals surface area contributed by atoms with Gasteiger partial charge in [0.1, 0.15) is 22.9 Å². The summed E-state index contributed by atoms with van der Waals surface area (Å²) in [6.45, 7) is 8.37. The van der Waals surface area contributed by atoms with Gasteiger partial charge in [0.2, 0.25) is 0 Å². The summed E-state index contributed by atoms with van der Waals surface area (Å²) in [5, 5.41) is 19.5. The molecule has 8 heterocycles. The monoisotopic (exact) mass is 860 g/mol. The van der Waals surface area contributed by atoms with Crippen molar-refractivity contribution in [2.45, 2.75) is 102 Å². The number of imidazole rings is 1. The minimum Gasteiger partial charge on any atom is -0.376 e. The quantitative estimate of drug-likeness (QED) is 0.174. The molecule has 324 valence electrons. The van der Waals surface area contributed by atoms with E-state index in [1.165, 1.54) is 5.56 Å². The molecule has 4 aliphatic rings. The number of benzene rings is 3. The van der Waals surface area contributed by atoms with Gasteiger partial charge in [-0.15, -0.1) is 0 Å². The van der Waals surface area contributed by atoms with E-state index in [1.54, 1.807) is 58.4 Å². The first-order valence-corrected chi connectivity index (χ1v) is 22.0. The largest absolute Gasteiger partial charge is 0.438 e. The number of nitrogens with one attached hydrogen (secondary N) is 1. The molecule has 1 amide bonds. The van der Waals surface area contributed by atoms with Crippen molar-refractivity contribution in [3.63, 3.8) is 0 Å². The number of aromatic amines is 1. The van der Waals surface area contributed by atoms with Crippen molar-refractivity contribution in [2.24, 2.45) is 0 Å². The molecular formula is C48H45FN10O5. The second-order valence-corrected chi connectivity index (χ2v) is 18.7. The fourth-order valence-electron chi connectivity index (χ4n) is 11.0. The molecule has 0 radical (unpaired) electrons. The number of carbonyl (C=O) groups excluding carboxylic acids is 1. The molecule has 5 aromatic heterocycles. The van der Waals surface area contributed by atoms with Gasteiger partial charge in [-0.2, -0.15) is 15.3 Å². The second kappa shape index (κ2) is 13.8. The number of fused-ring (bicyclic) bond motifs is 6. The number of aromatic nitrogens is 9. The van der Waals surface area contributed by atoms with Crippen molar-refractivity contribution in [2.75, 3.05) is 6.61 Å². The van der Waals surface area contributed by atoms with E-state index in [1.807, 2.05) is 35.2 Å². The van der Waals surface area contributed by atoms with Gasteiger partial charge in [-0.1, -0.05) is 17.3 Å². The Morgan fingerprint density at radius 1 is 0.906 bits per heavy atom. The molecule has 2 bridgehead atoms. The van der Waals surface area contributed by atoms with Gasteiger partial charge in [-0.25, -0.2) is 18.7 Å². The Morgan fingerprint density at radius 3 is 2.48 bits per heavy atom. The van der Waals surface area contributed by atoms with E-state index in [9.17, 15) is 9.59 Å². The average Bonchev–Trinajstić information content (AvgIpc) is 3.69. The van der Waals surface area contributed by atoms with Gasteiger partial charge < -0.3 is 14.2 Å². The molecule has 8 aromatic rings. The predicted octanol–water partition coefficient (Wildman–Crippen LogP) is 7.26. The lowest BCUT2D eigenvalue weighted by molar-refractivity contribution is -0.0592. The van der Waals surface area contributed by atoms with Crippen LogP contribution in [0.1, 0.15) is 109 Å². The number of ether oxygens (including phenoxy) is 1. The molecular weight excluding hydrogens is 816 g/mol. The predicted molar refractivity (Wildman–Crippen MR) is 234 cm³/mol. The molecule has 1 aliphatic carbocycles. The summed E-state index contributed by atoms with van der Waals surface area (Å²) in [6.07, 6.45) is 10.0. The van der Waals surface area contributed by atoms with Crippen LogP contribution >= 0.6 is 0 Å². The Morgan fingerprint density at radius 2 is 1.72 bits per heavy atom. The zero-order chi connectivity index (χ0) is 43.8. The molecule has 0 unspecified atom stereocenters. The Hall–Kier alpha value is -6.94. The third-order valence-corrected chi connectivity index (χ3v) is 14.2. The number of halogens is 1. The molecule has 1 saturated carbocycles. The van der Waals surface area contributed by atoms with Crippen LogP contribution < -0.4 is 11.4 Å². The van der Waals surface area contributed by atoms with Crippen molar-refractivity contribution in [1.29, 1.82) is 0 Å². The maximum absolute atomic E-state index is 15.7. The zero-order valence-corrected chi connectivity index (χ0v) is 35.8. The molecule has 2 saturated heterocycles. The van der Waals surface area contributed by atoms with Gasteiger partial charge in [-0.05, 0) is 137 Å². The fourth-order valence-corrected chi connectivity index (χ4v) is 11.0. The molecule has 16 heteroatoms. The third kappa shape index (κ3) is 5.84. The Labute approximate surface area is 365 Å². The summed E-state index contributed by atoms with van der Waals surface area (Å²) in [5.41, 5.74) is 5.53. The van der Waals surface area contributed by atoms with Gasteiger partial charge in [-0.3, -0.25) is 23.4 Å². The summed E-state index contributed by atoms with van der Waals surface area (Å²) in [6, 6.07) is 18.8. The summed E-state index contributed by atoms with van der Waals surface area (Å²) >= 11 is 0. The van der Waals surface area contributed by atoms with Gasteiger partial charge in [0.25, 0.3) is 5.91 Å². The minimum absolute atomic E-state index is 0.158. The van der Waals surface area contributed by atoms with Crippen LogP contribution in [0, 0.1) is 19.7 Å². The van der Waals surface area contributed by atoms with Crippen LogP contribution in [0.5, 0.6) is 0 Å². The Balaban J connectivity index is 1.01. The number of carbonyl (C=O) groups is 1. The van der Waals surface area contributed by atoms with Crippen molar-refractivity contribution in [1.82, 2.24) is 48.7 Å². The first-order valence-electron chi connectivity index (χ1n) is 22.0. The van der Waals surface area contributed by atoms with Gasteiger partial charge >= 0.3 is 11.4 Å². The van der Waals surface area contributed by atoms with E-state index in [2.05, 4.69) is 57.0 Å². The number of nitrogens with zero attached hydrogens (tertiary/aromatic N) is 9. The zero-order valence-electron chi connectivity index (χ0n) is 35.8. The van der Waals surface area contributed by atoms with Crippen molar-refractivity contribution in [3.05, 3.63) is 146 Å². The van der Waals surface area contributed by atoms with Crippen LogP contribution in [0.15, 0.2) is 93.4 Å². The summed E-state index contributed by atoms with van der Waals surface area (Å²) in [7, 11) is 0. The molecule has 1 N–H and O–H groups in total. The van der Waals surface area contributed by atoms with Crippen molar-refractivity contribution < 1.29 is 18.4 Å². The second-order valence-electron chi connectivity index (χ2n) is 18.7. The van der Waals surface area contributed by atoms with Crippen LogP contribution in [0.4, 0.5) is 4.39 Å². The number of rotatable bonds is 7. The third-order valence-electron chi connectivity index (χ3n) is 14.2. The first kappa shape index (κ1) is 38.7. The SMILES string of the molecule is Cc1cc(-n2nc3c(c2-n2ccn(-c4ccc5ccnnc5c4)c2=O)[C@@H]2CC[C@H](C3)N2C(=O)c2cc3cc([C@H]4CCOC(C)(C)C4)ccc3n2C2(c3noc(=O)[nH]3)CC2)cc(C)c1F. The molecule has 64 heavy (non-hydrogen) atoms. The lowest BCUT2D eigenvalue weighted by Crippen LogP contribution is -2.43. The first-order chi connectivity index (χ1) is 30.9. The lowest BCUT2D eigenvalue weighted by atomic mass is 9.83. The van der Waals surface area contributed by atoms with Gasteiger partial charge in [0.05, 0.1) is 40.4 Å². The van der Waals surface area contributed by atoms with Crippen LogP contribution in [0.3, 0.4) is 0 Å². The standard InChI is InChI=1S/C48H45FN10O5/c1-26-19-34(20-27(2)41(26)49)59-42(56-17-16-55(46(56)62)32-7-5-28-11-15-50-52-35(28)23-32)40-36(53-59)24-33-8-10-38(40)57(33)43(60)39-22-31-21-29(30-12-18-63-47(3,4)25-30)6-9-37(31)58(39)48(13-14-48)44-51-45(61)64-54-44/h5-7,9,11,15-17,19-23,30,33,38H,8,10,12-14,18,24-25H2,1-4H3,(H,51,54,61)/t30-,33+,38-/m0/s1. The van der Waals surface area contributed by atoms with E-state index >= 15 is 9.18 Å². The minimum atomic E-state index is -0.778. The highest BCUT2D eigenvalue weighted by Gasteiger charge is 2.54. The summed E-state index contributed by atoms with van der Waals surface area (Å²) in [4.78, 5) is 47.6. The maximum Gasteiger partial charge on any atom is 0.438 e. The van der Waals surface area contributed by atoms with E-state index in [0.717, 1.165) is 46.8 Å². The lowest BCUT2D eigenvalue weighted by Gasteiger charge is -2.35. The molecule has 3 aliphatic heterocycles. The molecule has 3 atom stereocenters. The van der Waals surface area contributed by atoms with Gasteiger partial charge in [0, 0.05) is 53.3 Å². The summed E-state index contributed by atoms with van der Waals surface area (Å²) < 4.78 is 33.2. The van der Waals surface area contributed by atoms with Crippen LogP contribution in [0.25, 0.3) is 39.0 Å².